The fraction of sp³-hybridized carbons (Fsp3) is 0.286. The molecule has 34 heavy (non-hydrogen) atoms. The minimum atomic E-state index is 0.0749. The second-order valence-corrected chi connectivity index (χ2v) is 8.70. The normalized spacial score (nSPS) is 11.0. The van der Waals surface area contributed by atoms with Crippen LogP contribution in [-0.4, -0.2) is 28.6 Å². The maximum Gasteiger partial charge on any atom is 0.220 e. The van der Waals surface area contributed by atoms with Crippen LogP contribution in [0.2, 0.25) is 5.02 Å². The summed E-state index contributed by atoms with van der Waals surface area (Å²) < 4.78 is 8.08. The number of hydrogen-bond acceptors (Lipinski definition) is 3. The van der Waals surface area contributed by atoms with Crippen molar-refractivity contribution >= 4 is 28.5 Å². The van der Waals surface area contributed by atoms with Gasteiger partial charge in [-0.2, -0.15) is 0 Å². The molecule has 4 rings (SSSR count). The third-order valence-corrected chi connectivity index (χ3v) is 6.00. The summed E-state index contributed by atoms with van der Waals surface area (Å²) in [6.07, 6.45) is 3.86. The number of carbonyl (C=O) groups is 1. The number of aryl methyl sites for hydroxylation is 2. The Morgan fingerprint density at radius 1 is 0.912 bits per heavy atom. The Morgan fingerprint density at radius 2 is 1.68 bits per heavy atom. The van der Waals surface area contributed by atoms with Gasteiger partial charge >= 0.3 is 0 Å². The average Bonchev–Trinajstić information content (AvgIpc) is 3.21. The van der Waals surface area contributed by atoms with Gasteiger partial charge in [0.1, 0.15) is 11.6 Å². The van der Waals surface area contributed by atoms with Gasteiger partial charge in [0.25, 0.3) is 0 Å². The number of halogens is 1. The Balaban J connectivity index is 1.26. The molecule has 0 saturated heterocycles. The molecular weight excluding hydrogens is 446 g/mol. The molecule has 1 heterocycles. The largest absolute Gasteiger partial charge is 0.494 e. The van der Waals surface area contributed by atoms with Gasteiger partial charge in [-0.05, 0) is 61.2 Å². The van der Waals surface area contributed by atoms with E-state index in [2.05, 4.69) is 28.1 Å². The number of para-hydroxylation sites is 2. The van der Waals surface area contributed by atoms with Crippen LogP contribution in [0.25, 0.3) is 11.0 Å². The Bertz CT molecular complexity index is 1190. The number of hydrogen-bond donors (Lipinski definition) is 1. The summed E-state index contributed by atoms with van der Waals surface area (Å²) in [6, 6.07) is 25.7. The van der Waals surface area contributed by atoms with Gasteiger partial charge in [0.15, 0.2) is 0 Å². The van der Waals surface area contributed by atoms with Crippen molar-refractivity contribution in [1.82, 2.24) is 14.9 Å². The van der Waals surface area contributed by atoms with Gasteiger partial charge in [0.05, 0.1) is 17.6 Å². The highest BCUT2D eigenvalue weighted by Crippen LogP contribution is 2.18. The van der Waals surface area contributed by atoms with Gasteiger partial charge < -0.3 is 14.6 Å². The fourth-order valence-electron chi connectivity index (χ4n) is 3.96. The van der Waals surface area contributed by atoms with Crippen molar-refractivity contribution in [2.45, 2.75) is 38.6 Å². The maximum atomic E-state index is 12.3. The minimum Gasteiger partial charge on any atom is -0.494 e. The zero-order valence-corrected chi connectivity index (χ0v) is 20.0. The summed E-state index contributed by atoms with van der Waals surface area (Å²) in [7, 11) is 0. The van der Waals surface area contributed by atoms with E-state index in [4.69, 9.17) is 21.3 Å². The van der Waals surface area contributed by atoms with Crippen LogP contribution in [0, 0.1) is 0 Å². The summed E-state index contributed by atoms with van der Waals surface area (Å²) in [5.41, 5.74) is 3.30. The molecule has 0 aliphatic rings. The van der Waals surface area contributed by atoms with Gasteiger partial charge in [-0.15, -0.1) is 0 Å². The SMILES string of the molecule is O=C(CCc1ccccc1)NCCc1nc2ccccc2n1CCCCOc1ccc(Cl)cc1. The van der Waals surface area contributed by atoms with Crippen molar-refractivity contribution in [2.75, 3.05) is 13.2 Å². The zero-order valence-electron chi connectivity index (χ0n) is 19.3. The average molecular weight is 476 g/mol. The number of aromatic nitrogens is 2. The molecule has 5 nitrogen and oxygen atoms in total. The highest BCUT2D eigenvalue weighted by molar-refractivity contribution is 6.30. The highest BCUT2D eigenvalue weighted by Gasteiger charge is 2.11. The number of fused-ring (bicyclic) bond motifs is 1. The molecule has 0 unspecified atom stereocenters. The van der Waals surface area contributed by atoms with Crippen molar-refractivity contribution in [3.8, 4) is 5.75 Å². The minimum absolute atomic E-state index is 0.0749. The molecule has 1 N–H and O–H groups in total. The third-order valence-electron chi connectivity index (χ3n) is 5.75. The topological polar surface area (TPSA) is 56.2 Å². The molecule has 0 atom stereocenters. The van der Waals surface area contributed by atoms with Crippen LogP contribution >= 0.6 is 11.6 Å². The molecule has 4 aromatic rings. The molecule has 6 heteroatoms. The van der Waals surface area contributed by atoms with Gasteiger partial charge in [0, 0.05) is 31.0 Å². The molecular formula is C28H30ClN3O2. The quantitative estimate of drug-likeness (QED) is 0.262. The van der Waals surface area contributed by atoms with E-state index in [-0.39, 0.29) is 5.91 Å². The van der Waals surface area contributed by atoms with E-state index < -0.39 is 0 Å². The van der Waals surface area contributed by atoms with Crippen molar-refractivity contribution in [1.29, 1.82) is 0 Å². The van der Waals surface area contributed by atoms with Crippen molar-refractivity contribution in [3.63, 3.8) is 0 Å². The second kappa shape index (κ2) is 12.2. The first kappa shape index (κ1) is 23.8. The predicted molar refractivity (Wildman–Crippen MR) is 137 cm³/mol. The molecule has 0 bridgehead atoms. The maximum absolute atomic E-state index is 12.3. The van der Waals surface area contributed by atoms with Crippen LogP contribution in [0.15, 0.2) is 78.9 Å². The molecule has 0 radical (unpaired) electrons. The van der Waals surface area contributed by atoms with E-state index in [1.807, 2.05) is 60.7 Å². The first-order valence-electron chi connectivity index (χ1n) is 11.8. The Kier molecular flexibility index (Phi) is 8.58. The lowest BCUT2D eigenvalue weighted by atomic mass is 10.1. The number of nitrogens with one attached hydrogen (secondary N) is 1. The fourth-order valence-corrected chi connectivity index (χ4v) is 4.09. The number of imidazole rings is 1. The van der Waals surface area contributed by atoms with Gasteiger partial charge in [0.2, 0.25) is 5.91 Å². The van der Waals surface area contributed by atoms with Crippen LogP contribution in [0.3, 0.4) is 0 Å². The number of nitrogens with zero attached hydrogens (tertiary/aromatic N) is 2. The van der Waals surface area contributed by atoms with Crippen LogP contribution in [0.4, 0.5) is 0 Å². The van der Waals surface area contributed by atoms with Gasteiger partial charge in [-0.3, -0.25) is 4.79 Å². The number of rotatable bonds is 12. The van der Waals surface area contributed by atoms with Crippen molar-refractivity contribution < 1.29 is 9.53 Å². The molecule has 1 aromatic heterocycles. The van der Waals surface area contributed by atoms with Crippen LogP contribution < -0.4 is 10.1 Å². The molecule has 0 fully saturated rings. The van der Waals surface area contributed by atoms with E-state index in [1.54, 1.807) is 0 Å². The summed E-state index contributed by atoms with van der Waals surface area (Å²) in [4.78, 5) is 17.1. The first-order chi connectivity index (χ1) is 16.7. The second-order valence-electron chi connectivity index (χ2n) is 8.26. The Morgan fingerprint density at radius 3 is 2.50 bits per heavy atom. The molecule has 0 aliphatic heterocycles. The molecule has 3 aromatic carbocycles. The van der Waals surface area contributed by atoms with Crippen LogP contribution in [-0.2, 0) is 24.2 Å². The third kappa shape index (κ3) is 6.84. The summed E-state index contributed by atoms with van der Waals surface area (Å²) >= 11 is 5.92. The lowest BCUT2D eigenvalue weighted by Crippen LogP contribution is -2.26. The van der Waals surface area contributed by atoms with Gasteiger partial charge in [-0.25, -0.2) is 4.98 Å². The number of ether oxygens (including phenoxy) is 1. The number of amides is 1. The van der Waals surface area contributed by atoms with Crippen molar-refractivity contribution in [3.05, 3.63) is 95.3 Å². The van der Waals surface area contributed by atoms with E-state index >= 15 is 0 Å². The molecule has 0 saturated carbocycles. The summed E-state index contributed by atoms with van der Waals surface area (Å²) in [5.74, 6) is 1.91. The van der Waals surface area contributed by atoms with Crippen LogP contribution in [0.5, 0.6) is 5.75 Å². The Hall–Kier alpha value is -3.31. The standard InChI is InChI=1S/C28H30ClN3O2/c29-23-13-15-24(16-14-23)34-21-7-6-20-32-26-11-5-4-10-25(26)31-27(32)18-19-30-28(33)17-12-22-8-2-1-3-9-22/h1-5,8-11,13-16H,6-7,12,17-21H2,(H,30,33). The molecule has 1 amide bonds. The van der Waals surface area contributed by atoms with E-state index in [9.17, 15) is 4.79 Å². The van der Waals surface area contributed by atoms with E-state index in [0.29, 0.717) is 31.0 Å². The lowest BCUT2D eigenvalue weighted by Gasteiger charge is -2.11. The summed E-state index contributed by atoms with van der Waals surface area (Å²) in [6.45, 7) is 2.10. The number of carbonyl (C=O) groups excluding carboxylic acids is 1. The zero-order chi connectivity index (χ0) is 23.6. The summed E-state index contributed by atoms with van der Waals surface area (Å²) in [5, 5.41) is 3.76. The smallest absolute Gasteiger partial charge is 0.220 e. The molecule has 0 aliphatic carbocycles. The first-order valence-corrected chi connectivity index (χ1v) is 12.2. The van der Waals surface area contributed by atoms with E-state index in [0.717, 1.165) is 48.4 Å². The van der Waals surface area contributed by atoms with Crippen LogP contribution in [0.1, 0.15) is 30.7 Å². The van der Waals surface area contributed by atoms with Crippen molar-refractivity contribution in [2.24, 2.45) is 0 Å². The number of benzene rings is 3. The lowest BCUT2D eigenvalue weighted by molar-refractivity contribution is -0.121. The predicted octanol–water partition coefficient (Wildman–Crippen LogP) is 5.84. The Labute approximate surface area is 205 Å². The monoisotopic (exact) mass is 475 g/mol. The highest BCUT2D eigenvalue weighted by atomic mass is 35.5. The molecule has 0 spiro atoms. The molecule has 176 valence electrons. The van der Waals surface area contributed by atoms with Gasteiger partial charge in [-0.1, -0.05) is 54.1 Å². The number of unbranched alkanes of at least 4 members (excludes halogenated alkanes) is 1. The van der Waals surface area contributed by atoms with E-state index in [1.165, 1.54) is 5.56 Å².